The van der Waals surface area contributed by atoms with Gasteiger partial charge in [0.25, 0.3) is 5.91 Å². The van der Waals surface area contributed by atoms with Crippen molar-refractivity contribution in [1.82, 2.24) is 9.88 Å². The number of hydrogen-bond acceptors (Lipinski definition) is 3. The summed E-state index contributed by atoms with van der Waals surface area (Å²) in [6, 6.07) is 4.00. The van der Waals surface area contributed by atoms with Gasteiger partial charge in [0.05, 0.1) is 0 Å². The maximum Gasteiger partial charge on any atom is 0.272 e. The van der Waals surface area contributed by atoms with Gasteiger partial charge in [-0.3, -0.25) is 9.78 Å². The molecule has 2 N–H and O–H groups in total. The highest BCUT2D eigenvalue weighted by Gasteiger charge is 2.26. The lowest BCUT2D eigenvalue weighted by Gasteiger charge is -2.33. The molecule has 0 bridgehead atoms. The molecule has 0 radical (unpaired) electrons. The predicted octanol–water partition coefficient (Wildman–Crippen LogP) is 2.43. The van der Waals surface area contributed by atoms with Crippen LogP contribution in [-0.2, 0) is 0 Å². The SMILES string of the molecule is Cc1cccnc1C(=O)N1CCC(C(C)N)CC1.Cl.Cl. The Morgan fingerprint density at radius 2 is 2.00 bits per heavy atom. The van der Waals surface area contributed by atoms with E-state index in [-0.39, 0.29) is 36.8 Å². The molecule has 0 aromatic carbocycles. The zero-order valence-electron chi connectivity index (χ0n) is 11.9. The van der Waals surface area contributed by atoms with Gasteiger partial charge in [-0.05, 0) is 44.2 Å². The van der Waals surface area contributed by atoms with Crippen LogP contribution >= 0.6 is 24.8 Å². The predicted molar refractivity (Wildman–Crippen MR) is 85.7 cm³/mol. The summed E-state index contributed by atoms with van der Waals surface area (Å²) in [5, 5.41) is 0. The minimum absolute atomic E-state index is 0. The summed E-state index contributed by atoms with van der Waals surface area (Å²) in [6.45, 7) is 5.56. The number of likely N-dealkylation sites (tertiary alicyclic amines) is 1. The Kier molecular flexibility index (Phi) is 8.09. The molecule has 114 valence electrons. The highest BCUT2D eigenvalue weighted by molar-refractivity contribution is 5.93. The quantitative estimate of drug-likeness (QED) is 0.910. The summed E-state index contributed by atoms with van der Waals surface area (Å²) in [7, 11) is 0. The molecule has 2 rings (SSSR count). The normalized spacial score (nSPS) is 16.9. The standard InChI is InChI=1S/C14H21N3O.2ClH/c1-10-4-3-7-16-13(10)14(18)17-8-5-12(6-9-17)11(2)15;;/h3-4,7,11-12H,5-6,8-9,15H2,1-2H3;2*1H. The molecule has 0 aliphatic carbocycles. The number of pyridine rings is 1. The molecule has 1 aliphatic rings. The van der Waals surface area contributed by atoms with Crippen molar-refractivity contribution in [3.8, 4) is 0 Å². The molecule has 1 saturated heterocycles. The summed E-state index contributed by atoms with van der Waals surface area (Å²) >= 11 is 0. The van der Waals surface area contributed by atoms with Gasteiger partial charge in [0, 0.05) is 25.3 Å². The minimum atomic E-state index is 0. The maximum absolute atomic E-state index is 12.3. The summed E-state index contributed by atoms with van der Waals surface area (Å²) in [5.41, 5.74) is 7.43. The first-order chi connectivity index (χ1) is 8.59. The molecule has 1 aromatic rings. The number of rotatable bonds is 2. The molecule has 1 aromatic heterocycles. The van der Waals surface area contributed by atoms with E-state index in [1.54, 1.807) is 6.20 Å². The van der Waals surface area contributed by atoms with Crippen molar-refractivity contribution < 1.29 is 4.79 Å². The molecule has 0 saturated carbocycles. The Balaban J connectivity index is 0.00000180. The Morgan fingerprint density at radius 3 is 2.50 bits per heavy atom. The van der Waals surface area contributed by atoms with E-state index in [0.29, 0.717) is 11.6 Å². The van der Waals surface area contributed by atoms with E-state index in [1.807, 2.05) is 30.9 Å². The number of aromatic nitrogens is 1. The monoisotopic (exact) mass is 319 g/mol. The van der Waals surface area contributed by atoms with Crippen LogP contribution in [0.25, 0.3) is 0 Å². The van der Waals surface area contributed by atoms with E-state index >= 15 is 0 Å². The molecule has 1 atom stereocenters. The van der Waals surface area contributed by atoms with Crippen LogP contribution in [0, 0.1) is 12.8 Å². The second-order valence-electron chi connectivity index (χ2n) is 5.16. The van der Waals surface area contributed by atoms with Crippen molar-refractivity contribution >= 4 is 30.7 Å². The number of halogens is 2. The molecule has 6 heteroatoms. The third kappa shape index (κ3) is 4.33. The number of piperidine rings is 1. The fraction of sp³-hybridized carbons (Fsp3) is 0.571. The van der Waals surface area contributed by atoms with Gasteiger partial charge in [0.2, 0.25) is 0 Å². The number of carbonyl (C=O) groups is 1. The van der Waals surface area contributed by atoms with Crippen LogP contribution in [0.15, 0.2) is 18.3 Å². The zero-order chi connectivity index (χ0) is 13.1. The van der Waals surface area contributed by atoms with Gasteiger partial charge < -0.3 is 10.6 Å². The van der Waals surface area contributed by atoms with Crippen LogP contribution in [0.3, 0.4) is 0 Å². The van der Waals surface area contributed by atoms with E-state index in [0.717, 1.165) is 31.5 Å². The van der Waals surface area contributed by atoms with Crippen LogP contribution in [-0.4, -0.2) is 34.9 Å². The number of amides is 1. The molecule has 2 heterocycles. The van der Waals surface area contributed by atoms with E-state index < -0.39 is 0 Å². The second kappa shape index (κ2) is 8.45. The number of aryl methyl sites for hydroxylation is 1. The van der Waals surface area contributed by atoms with Crippen molar-refractivity contribution in [2.45, 2.75) is 32.7 Å². The van der Waals surface area contributed by atoms with Gasteiger partial charge in [-0.15, -0.1) is 24.8 Å². The van der Waals surface area contributed by atoms with Gasteiger partial charge in [-0.2, -0.15) is 0 Å². The number of carbonyl (C=O) groups excluding carboxylic acids is 1. The average Bonchev–Trinajstić information content (AvgIpc) is 2.38. The first kappa shape index (κ1) is 19.2. The number of nitrogens with two attached hydrogens (primary N) is 1. The third-order valence-electron chi connectivity index (χ3n) is 3.78. The summed E-state index contributed by atoms with van der Waals surface area (Å²) in [5.74, 6) is 0.593. The van der Waals surface area contributed by atoms with Crippen molar-refractivity contribution in [2.24, 2.45) is 11.7 Å². The molecule has 20 heavy (non-hydrogen) atoms. The van der Waals surface area contributed by atoms with E-state index in [9.17, 15) is 4.79 Å². The summed E-state index contributed by atoms with van der Waals surface area (Å²) < 4.78 is 0. The highest BCUT2D eigenvalue weighted by Crippen LogP contribution is 2.21. The smallest absolute Gasteiger partial charge is 0.272 e. The van der Waals surface area contributed by atoms with Gasteiger partial charge >= 0.3 is 0 Å². The first-order valence-electron chi connectivity index (χ1n) is 6.56. The molecule has 1 unspecified atom stereocenters. The van der Waals surface area contributed by atoms with Gasteiger partial charge in [0.1, 0.15) is 5.69 Å². The first-order valence-corrected chi connectivity index (χ1v) is 6.56. The largest absolute Gasteiger partial charge is 0.337 e. The van der Waals surface area contributed by atoms with Crippen molar-refractivity contribution in [2.75, 3.05) is 13.1 Å². The van der Waals surface area contributed by atoms with Crippen molar-refractivity contribution in [3.05, 3.63) is 29.6 Å². The van der Waals surface area contributed by atoms with Crippen LogP contribution in [0.1, 0.15) is 35.8 Å². The topological polar surface area (TPSA) is 59.2 Å². The fourth-order valence-corrected chi connectivity index (χ4v) is 2.49. The maximum atomic E-state index is 12.3. The average molecular weight is 320 g/mol. The summed E-state index contributed by atoms with van der Waals surface area (Å²) in [6.07, 6.45) is 3.67. The molecular formula is C14H23Cl2N3O. The Labute approximate surface area is 132 Å². The van der Waals surface area contributed by atoms with Gasteiger partial charge in [-0.1, -0.05) is 6.07 Å². The lowest BCUT2D eigenvalue weighted by Crippen LogP contribution is -2.42. The molecule has 1 fully saturated rings. The Bertz CT molecular complexity index is 432. The second-order valence-corrected chi connectivity index (χ2v) is 5.16. The van der Waals surface area contributed by atoms with E-state index in [1.165, 1.54) is 0 Å². The zero-order valence-corrected chi connectivity index (χ0v) is 13.5. The van der Waals surface area contributed by atoms with Crippen LogP contribution < -0.4 is 5.73 Å². The van der Waals surface area contributed by atoms with Crippen LogP contribution in [0.4, 0.5) is 0 Å². The lowest BCUT2D eigenvalue weighted by atomic mass is 9.91. The molecular weight excluding hydrogens is 297 g/mol. The lowest BCUT2D eigenvalue weighted by molar-refractivity contribution is 0.0674. The molecule has 1 aliphatic heterocycles. The molecule has 4 nitrogen and oxygen atoms in total. The number of hydrogen-bond donors (Lipinski definition) is 1. The molecule has 0 spiro atoms. The van der Waals surface area contributed by atoms with Crippen molar-refractivity contribution in [3.63, 3.8) is 0 Å². The van der Waals surface area contributed by atoms with Gasteiger partial charge in [-0.25, -0.2) is 0 Å². The fourth-order valence-electron chi connectivity index (χ4n) is 2.49. The number of nitrogens with zero attached hydrogens (tertiary/aromatic N) is 2. The highest BCUT2D eigenvalue weighted by atomic mass is 35.5. The van der Waals surface area contributed by atoms with E-state index in [2.05, 4.69) is 4.98 Å². The molecule has 1 amide bonds. The Hall–Kier alpha value is -0.840. The van der Waals surface area contributed by atoms with Crippen molar-refractivity contribution in [1.29, 1.82) is 0 Å². The summed E-state index contributed by atoms with van der Waals surface area (Å²) in [4.78, 5) is 18.4. The van der Waals surface area contributed by atoms with E-state index in [4.69, 9.17) is 5.73 Å². The third-order valence-corrected chi connectivity index (χ3v) is 3.78. The van der Waals surface area contributed by atoms with Gasteiger partial charge in [0.15, 0.2) is 0 Å². The Morgan fingerprint density at radius 1 is 1.40 bits per heavy atom. The van der Waals surface area contributed by atoms with Crippen LogP contribution in [0.5, 0.6) is 0 Å². The van der Waals surface area contributed by atoms with Crippen LogP contribution in [0.2, 0.25) is 0 Å². The minimum Gasteiger partial charge on any atom is -0.337 e.